The molecule has 1 heterocycles. The number of nitrogens with zero attached hydrogens (tertiary/aromatic N) is 2. The van der Waals surface area contributed by atoms with Crippen LogP contribution in [0.5, 0.6) is 0 Å². The van der Waals surface area contributed by atoms with Gasteiger partial charge in [-0.3, -0.25) is 0 Å². The van der Waals surface area contributed by atoms with E-state index in [4.69, 9.17) is 5.84 Å². The minimum absolute atomic E-state index is 0.525. The Hall–Kier alpha value is -1.40. The first-order valence-electron chi connectivity index (χ1n) is 7.84. The fourth-order valence-electron chi connectivity index (χ4n) is 2.90. The molecule has 0 unspecified atom stereocenters. The van der Waals surface area contributed by atoms with Gasteiger partial charge >= 0.3 is 0 Å². The van der Waals surface area contributed by atoms with Crippen molar-refractivity contribution in [3.8, 4) is 0 Å². The van der Waals surface area contributed by atoms with Gasteiger partial charge < -0.3 is 15.8 Å². The number of nitrogen functional groups attached to an aromatic ring is 1. The molecule has 0 spiro atoms. The van der Waals surface area contributed by atoms with Crippen molar-refractivity contribution in [1.29, 1.82) is 0 Å². The number of anilines is 2. The van der Waals surface area contributed by atoms with Crippen LogP contribution in [-0.4, -0.2) is 27.2 Å². The van der Waals surface area contributed by atoms with Crippen molar-refractivity contribution < 1.29 is 5.11 Å². The van der Waals surface area contributed by atoms with Crippen LogP contribution in [0.25, 0.3) is 0 Å². The van der Waals surface area contributed by atoms with E-state index in [-0.39, 0.29) is 0 Å². The van der Waals surface area contributed by atoms with Crippen LogP contribution in [0.15, 0.2) is 6.33 Å². The zero-order valence-electron chi connectivity index (χ0n) is 13.0. The van der Waals surface area contributed by atoms with E-state index < -0.39 is 5.60 Å². The number of hydrogen-bond acceptors (Lipinski definition) is 6. The fraction of sp³-hybridized carbons (Fsp3) is 0.733. The molecule has 1 aliphatic carbocycles. The van der Waals surface area contributed by atoms with Crippen LogP contribution in [0.3, 0.4) is 0 Å². The predicted octanol–water partition coefficient (Wildman–Crippen LogP) is 2.07. The van der Waals surface area contributed by atoms with Crippen molar-refractivity contribution >= 4 is 11.6 Å². The Bertz CT molecular complexity index is 457. The minimum atomic E-state index is -0.628. The molecule has 1 aromatic heterocycles. The van der Waals surface area contributed by atoms with Crippen LogP contribution in [0.4, 0.5) is 11.6 Å². The lowest BCUT2D eigenvalue weighted by Gasteiger charge is -2.35. The van der Waals surface area contributed by atoms with Gasteiger partial charge in [-0.1, -0.05) is 20.3 Å². The number of aromatic nitrogens is 2. The molecule has 2 rings (SSSR count). The van der Waals surface area contributed by atoms with Gasteiger partial charge in [0.1, 0.15) is 18.0 Å². The van der Waals surface area contributed by atoms with Crippen LogP contribution >= 0.6 is 0 Å². The summed E-state index contributed by atoms with van der Waals surface area (Å²) in [7, 11) is 0. The standard InChI is InChI=1S/C15H27N5O/c1-3-4-12-13(18-10-19-14(12)20-16)17-9-15(21)7-5-11(2)6-8-15/h10-11,21H,3-9,16H2,1-2H3,(H2,17,18,19,20). The van der Waals surface area contributed by atoms with Crippen molar-refractivity contribution in [3.05, 3.63) is 11.9 Å². The minimum Gasteiger partial charge on any atom is -0.388 e. The second-order valence-corrected chi connectivity index (χ2v) is 6.20. The summed E-state index contributed by atoms with van der Waals surface area (Å²) in [5.41, 5.74) is 2.97. The van der Waals surface area contributed by atoms with Crippen LogP contribution < -0.4 is 16.6 Å². The molecular formula is C15H27N5O. The van der Waals surface area contributed by atoms with E-state index in [0.717, 1.165) is 49.9 Å². The third kappa shape index (κ3) is 4.04. The molecule has 1 aliphatic rings. The number of nitrogens with one attached hydrogen (secondary N) is 2. The Morgan fingerprint density at radius 2 is 2.00 bits per heavy atom. The summed E-state index contributed by atoms with van der Waals surface area (Å²) in [6.45, 7) is 4.88. The van der Waals surface area contributed by atoms with Crippen molar-refractivity contribution in [2.75, 3.05) is 17.3 Å². The van der Waals surface area contributed by atoms with Crippen LogP contribution in [0.1, 0.15) is 51.5 Å². The van der Waals surface area contributed by atoms with Gasteiger partial charge in [-0.15, -0.1) is 0 Å². The Morgan fingerprint density at radius 3 is 2.62 bits per heavy atom. The van der Waals surface area contributed by atoms with Crippen LogP contribution in [0.2, 0.25) is 0 Å². The fourth-order valence-corrected chi connectivity index (χ4v) is 2.90. The highest BCUT2D eigenvalue weighted by molar-refractivity contribution is 5.57. The van der Waals surface area contributed by atoms with E-state index in [1.807, 2.05) is 0 Å². The zero-order chi connectivity index (χ0) is 15.3. The van der Waals surface area contributed by atoms with Crippen LogP contribution in [-0.2, 0) is 6.42 Å². The molecule has 6 heteroatoms. The van der Waals surface area contributed by atoms with Crippen molar-refractivity contribution in [2.45, 2.75) is 58.0 Å². The molecule has 0 atom stereocenters. The Kier molecular flexibility index (Phi) is 5.36. The molecule has 1 saturated carbocycles. The first kappa shape index (κ1) is 16.0. The molecule has 0 radical (unpaired) electrons. The normalized spacial score (nSPS) is 25.6. The first-order valence-corrected chi connectivity index (χ1v) is 7.84. The third-order valence-electron chi connectivity index (χ3n) is 4.37. The molecule has 0 aliphatic heterocycles. The summed E-state index contributed by atoms with van der Waals surface area (Å²) in [6.07, 6.45) is 7.17. The van der Waals surface area contributed by atoms with Gasteiger partial charge in [-0.2, -0.15) is 0 Å². The van der Waals surface area contributed by atoms with E-state index in [0.29, 0.717) is 18.3 Å². The quantitative estimate of drug-likeness (QED) is 0.474. The zero-order valence-corrected chi connectivity index (χ0v) is 13.0. The molecule has 0 aromatic carbocycles. The highest BCUT2D eigenvalue weighted by atomic mass is 16.3. The van der Waals surface area contributed by atoms with E-state index in [1.165, 1.54) is 6.33 Å². The van der Waals surface area contributed by atoms with E-state index in [2.05, 4.69) is 34.6 Å². The number of aliphatic hydroxyl groups is 1. The number of hydrazine groups is 1. The molecular weight excluding hydrogens is 266 g/mol. The number of nitrogens with two attached hydrogens (primary N) is 1. The van der Waals surface area contributed by atoms with Gasteiger partial charge in [0.05, 0.1) is 5.60 Å². The molecule has 5 N–H and O–H groups in total. The molecule has 21 heavy (non-hydrogen) atoms. The largest absolute Gasteiger partial charge is 0.388 e. The molecule has 1 fully saturated rings. The van der Waals surface area contributed by atoms with E-state index >= 15 is 0 Å². The Morgan fingerprint density at radius 1 is 1.33 bits per heavy atom. The molecule has 1 aromatic rings. The van der Waals surface area contributed by atoms with Gasteiger partial charge in [0.15, 0.2) is 0 Å². The summed E-state index contributed by atoms with van der Waals surface area (Å²) in [6, 6.07) is 0. The van der Waals surface area contributed by atoms with E-state index in [9.17, 15) is 5.11 Å². The average Bonchev–Trinajstić information content (AvgIpc) is 2.50. The maximum atomic E-state index is 10.7. The topological polar surface area (TPSA) is 96.1 Å². The van der Waals surface area contributed by atoms with Gasteiger partial charge in [0, 0.05) is 12.1 Å². The third-order valence-corrected chi connectivity index (χ3v) is 4.37. The summed E-state index contributed by atoms with van der Waals surface area (Å²) in [5.74, 6) is 7.65. The van der Waals surface area contributed by atoms with Crippen molar-refractivity contribution in [1.82, 2.24) is 9.97 Å². The van der Waals surface area contributed by atoms with Gasteiger partial charge in [0.2, 0.25) is 0 Å². The van der Waals surface area contributed by atoms with Gasteiger partial charge in [-0.05, 0) is 38.0 Å². The number of rotatable bonds is 6. The Labute approximate surface area is 126 Å². The summed E-state index contributed by atoms with van der Waals surface area (Å²) >= 11 is 0. The van der Waals surface area contributed by atoms with Gasteiger partial charge in [0.25, 0.3) is 0 Å². The predicted molar refractivity (Wildman–Crippen MR) is 84.9 cm³/mol. The monoisotopic (exact) mass is 293 g/mol. The smallest absolute Gasteiger partial charge is 0.148 e. The highest BCUT2D eigenvalue weighted by Crippen LogP contribution is 2.32. The molecule has 0 amide bonds. The van der Waals surface area contributed by atoms with Crippen LogP contribution in [0, 0.1) is 5.92 Å². The first-order chi connectivity index (χ1) is 10.1. The maximum absolute atomic E-state index is 10.7. The summed E-state index contributed by atoms with van der Waals surface area (Å²) in [4.78, 5) is 8.46. The lowest BCUT2D eigenvalue weighted by Crippen LogP contribution is -2.40. The highest BCUT2D eigenvalue weighted by Gasteiger charge is 2.31. The summed E-state index contributed by atoms with van der Waals surface area (Å²) in [5, 5.41) is 14.0. The molecule has 0 saturated heterocycles. The SMILES string of the molecule is CCCc1c(NN)ncnc1NCC1(O)CCC(C)CC1. The van der Waals surface area contributed by atoms with Gasteiger partial charge in [-0.25, -0.2) is 15.8 Å². The van der Waals surface area contributed by atoms with Crippen molar-refractivity contribution in [2.24, 2.45) is 11.8 Å². The molecule has 118 valence electrons. The van der Waals surface area contributed by atoms with Crippen molar-refractivity contribution in [3.63, 3.8) is 0 Å². The maximum Gasteiger partial charge on any atom is 0.148 e. The number of hydrogen-bond donors (Lipinski definition) is 4. The lowest BCUT2D eigenvalue weighted by molar-refractivity contribution is 0.00493. The van der Waals surface area contributed by atoms with E-state index in [1.54, 1.807) is 0 Å². The summed E-state index contributed by atoms with van der Waals surface area (Å²) < 4.78 is 0. The lowest BCUT2D eigenvalue weighted by atomic mass is 9.79. The molecule has 6 nitrogen and oxygen atoms in total. The second kappa shape index (κ2) is 7.04. The second-order valence-electron chi connectivity index (χ2n) is 6.20. The Balaban J connectivity index is 2.05. The molecule has 0 bridgehead atoms. The average molecular weight is 293 g/mol.